The van der Waals surface area contributed by atoms with E-state index in [9.17, 15) is 16.8 Å². The molecule has 7 heteroatoms. The van der Waals surface area contributed by atoms with Gasteiger partial charge in [-0.3, -0.25) is 0 Å². The average molecular weight is 745 g/mol. The third kappa shape index (κ3) is 4.63. The second-order valence-electron chi connectivity index (χ2n) is 14.4. The van der Waals surface area contributed by atoms with Crippen LogP contribution in [0.3, 0.4) is 0 Å². The Morgan fingerprint density at radius 3 is 1.16 bits per heavy atom. The molecule has 260 valence electrons. The van der Waals surface area contributed by atoms with E-state index in [0.29, 0.717) is 22.0 Å². The molecule has 0 saturated carbocycles. The van der Waals surface area contributed by atoms with Crippen LogP contribution in [0.1, 0.15) is 0 Å². The minimum absolute atomic E-state index is 0.0470. The zero-order valence-corrected chi connectivity index (χ0v) is 30.9. The van der Waals surface area contributed by atoms with Crippen molar-refractivity contribution in [3.63, 3.8) is 0 Å². The van der Waals surface area contributed by atoms with Gasteiger partial charge in [0.25, 0.3) is 0 Å². The van der Waals surface area contributed by atoms with E-state index in [-0.39, 0.29) is 19.6 Å². The van der Waals surface area contributed by atoms with Crippen molar-refractivity contribution in [2.75, 3.05) is 0 Å². The summed E-state index contributed by atoms with van der Waals surface area (Å²) >= 11 is 0. The molecule has 11 rings (SSSR count). The van der Waals surface area contributed by atoms with Gasteiger partial charge in [-0.25, -0.2) is 16.8 Å². The molecule has 0 amide bonds. The summed E-state index contributed by atoms with van der Waals surface area (Å²) in [6, 6.07) is 57.3. The lowest BCUT2D eigenvalue weighted by molar-refractivity contribution is 0.595. The van der Waals surface area contributed by atoms with Gasteiger partial charge >= 0.3 is 0 Å². The number of fused-ring (bicyclic) bond motifs is 10. The monoisotopic (exact) mass is 744 g/mol. The zero-order chi connectivity index (χ0) is 37.1. The first kappa shape index (κ1) is 32.2. The van der Waals surface area contributed by atoms with Crippen molar-refractivity contribution in [1.82, 2.24) is 0 Å². The van der Waals surface area contributed by atoms with Crippen LogP contribution in [-0.4, -0.2) is 23.5 Å². The van der Waals surface area contributed by atoms with Gasteiger partial charge in [-0.2, -0.15) is 0 Å². The Morgan fingerprint density at radius 2 is 0.673 bits per heavy atom. The molecule has 4 nitrogen and oxygen atoms in total. The van der Waals surface area contributed by atoms with Gasteiger partial charge in [-0.05, 0) is 125 Å². The van der Waals surface area contributed by atoms with Crippen molar-refractivity contribution < 1.29 is 16.8 Å². The summed E-state index contributed by atoms with van der Waals surface area (Å²) in [5, 5.41) is 7.34. The predicted octanol–water partition coefficient (Wildman–Crippen LogP) is 8.96. The smallest absolute Gasteiger partial charge is 0.219 e. The molecule has 0 spiro atoms. The number of hydrogen-bond acceptors (Lipinski definition) is 4. The van der Waals surface area contributed by atoms with E-state index in [2.05, 4.69) is 91.0 Å². The highest BCUT2D eigenvalue weighted by molar-refractivity contribution is 7.93. The van der Waals surface area contributed by atoms with E-state index in [4.69, 9.17) is 0 Å². The van der Waals surface area contributed by atoms with E-state index in [1.807, 2.05) is 36.4 Å². The molecular formula is C48H29BO4S2. The summed E-state index contributed by atoms with van der Waals surface area (Å²) in [5.74, 6) is 0. The summed E-state index contributed by atoms with van der Waals surface area (Å²) in [7, 11) is -8.04. The molecule has 0 radical (unpaired) electrons. The van der Waals surface area contributed by atoms with Gasteiger partial charge in [0.05, 0.1) is 19.6 Å². The molecule has 2 aliphatic heterocycles. The summed E-state index contributed by atoms with van der Waals surface area (Å²) in [4.78, 5) is 0.520. The fourth-order valence-electron chi connectivity index (χ4n) is 8.98. The van der Waals surface area contributed by atoms with Gasteiger partial charge in [0.1, 0.15) is 0 Å². The van der Waals surface area contributed by atoms with E-state index >= 15 is 0 Å². The first-order valence-corrected chi connectivity index (χ1v) is 21.2. The normalized spacial score (nSPS) is 14.7. The molecule has 9 aromatic carbocycles. The Hall–Kier alpha value is -6.28. The van der Waals surface area contributed by atoms with Crippen molar-refractivity contribution in [3.8, 4) is 33.4 Å². The summed E-state index contributed by atoms with van der Waals surface area (Å²) in [6.45, 7) is -0.514. The summed E-state index contributed by atoms with van der Waals surface area (Å²) < 4.78 is 57.3. The van der Waals surface area contributed by atoms with Gasteiger partial charge < -0.3 is 0 Å². The number of benzene rings is 9. The first-order chi connectivity index (χ1) is 26.8. The molecular weight excluding hydrogens is 715 g/mol. The first-order valence-electron chi connectivity index (χ1n) is 18.2. The maximum atomic E-state index is 14.3. The van der Waals surface area contributed by atoms with Crippen molar-refractivity contribution in [3.05, 3.63) is 176 Å². The molecule has 2 aliphatic rings. The average Bonchev–Trinajstić information content (AvgIpc) is 3.23. The van der Waals surface area contributed by atoms with E-state index in [1.165, 1.54) is 32.3 Å². The number of hydrogen-bond donors (Lipinski definition) is 0. The Bertz CT molecular complexity index is 3240. The van der Waals surface area contributed by atoms with E-state index in [1.54, 1.807) is 48.5 Å². The standard InChI is InChI=1S/C48H29BO4S2/c50-54(51)44-21-7-5-19-42(44)49-43-20-6-8-22-45(43)55(52,53)47-29-35(28-46(54)48(47)49)33-14-10-12-31(26-33)30-11-9-13-32(25-30)34-23-24-40-38-17-2-1-15-36(38)37-16-3-4-18-39(37)41(40)27-34/h1-29H. The highest BCUT2D eigenvalue weighted by Gasteiger charge is 2.47. The Kier molecular flexibility index (Phi) is 6.79. The zero-order valence-electron chi connectivity index (χ0n) is 29.3. The predicted molar refractivity (Wildman–Crippen MR) is 224 cm³/mol. The van der Waals surface area contributed by atoms with Crippen molar-refractivity contribution in [2.45, 2.75) is 19.6 Å². The molecule has 9 aromatic rings. The molecule has 0 N–H and O–H groups in total. The highest BCUT2D eigenvalue weighted by Crippen LogP contribution is 2.39. The van der Waals surface area contributed by atoms with Gasteiger partial charge in [0.2, 0.25) is 26.4 Å². The SMILES string of the molecule is O=S1(=O)c2ccccc2B2c3ccccc3S(=O)(=O)c3cc(-c4cccc(-c5cccc(-c6ccc7c8ccccc8c8ccccc8c7c6)c5)c4)cc1c32. The van der Waals surface area contributed by atoms with Crippen LogP contribution in [0.15, 0.2) is 196 Å². The van der Waals surface area contributed by atoms with Gasteiger partial charge in [-0.15, -0.1) is 0 Å². The molecule has 2 heterocycles. The third-order valence-corrected chi connectivity index (χ3v) is 15.2. The molecule has 0 fully saturated rings. The quantitative estimate of drug-likeness (QED) is 0.134. The minimum Gasteiger partial charge on any atom is -0.219 e. The fourth-order valence-corrected chi connectivity index (χ4v) is 12.6. The summed E-state index contributed by atoms with van der Waals surface area (Å²) in [5.41, 5.74) is 6.89. The maximum Gasteiger partial charge on any atom is 0.248 e. The van der Waals surface area contributed by atoms with Gasteiger partial charge in [0, 0.05) is 0 Å². The second-order valence-corrected chi connectivity index (χ2v) is 18.2. The molecule has 0 saturated heterocycles. The van der Waals surface area contributed by atoms with Crippen molar-refractivity contribution in [2.24, 2.45) is 0 Å². The lowest BCUT2D eigenvalue weighted by Crippen LogP contribution is -2.62. The Balaban J connectivity index is 1.05. The van der Waals surface area contributed by atoms with Crippen molar-refractivity contribution in [1.29, 1.82) is 0 Å². The van der Waals surface area contributed by atoms with Crippen LogP contribution in [0.2, 0.25) is 0 Å². The van der Waals surface area contributed by atoms with Crippen LogP contribution in [0.4, 0.5) is 0 Å². The fraction of sp³-hybridized carbons (Fsp3) is 0. The van der Waals surface area contributed by atoms with Crippen LogP contribution >= 0.6 is 0 Å². The number of rotatable bonds is 3. The molecule has 0 unspecified atom stereocenters. The lowest BCUT2D eigenvalue weighted by Gasteiger charge is -2.33. The van der Waals surface area contributed by atoms with Crippen LogP contribution in [0.25, 0.3) is 65.7 Å². The Morgan fingerprint density at radius 1 is 0.291 bits per heavy atom. The maximum absolute atomic E-state index is 14.3. The van der Waals surface area contributed by atoms with Gasteiger partial charge in [-0.1, -0.05) is 133 Å². The van der Waals surface area contributed by atoms with Crippen molar-refractivity contribution >= 4 is 75.1 Å². The van der Waals surface area contributed by atoms with Crippen LogP contribution < -0.4 is 16.4 Å². The number of sulfone groups is 2. The lowest BCUT2D eigenvalue weighted by atomic mass is 9.36. The van der Waals surface area contributed by atoms with Crippen LogP contribution in [-0.2, 0) is 19.7 Å². The summed E-state index contributed by atoms with van der Waals surface area (Å²) in [6.07, 6.45) is 0. The second kappa shape index (κ2) is 11.6. The Labute approximate surface area is 319 Å². The highest BCUT2D eigenvalue weighted by atomic mass is 32.2. The van der Waals surface area contributed by atoms with Gasteiger partial charge in [0.15, 0.2) is 0 Å². The van der Waals surface area contributed by atoms with E-state index < -0.39 is 26.4 Å². The molecule has 0 aliphatic carbocycles. The molecule has 0 bridgehead atoms. The van der Waals surface area contributed by atoms with Crippen LogP contribution in [0, 0.1) is 0 Å². The molecule has 0 atom stereocenters. The molecule has 0 aromatic heterocycles. The third-order valence-electron chi connectivity index (χ3n) is 11.5. The minimum atomic E-state index is -4.02. The molecule has 55 heavy (non-hydrogen) atoms. The topological polar surface area (TPSA) is 68.3 Å². The van der Waals surface area contributed by atoms with E-state index in [0.717, 1.165) is 27.8 Å². The van der Waals surface area contributed by atoms with Crippen LogP contribution in [0.5, 0.6) is 0 Å². The largest absolute Gasteiger partial charge is 0.248 e.